The second kappa shape index (κ2) is 7.65. The number of hydrogen-bond donors (Lipinski definition) is 2. The lowest BCUT2D eigenvalue weighted by Crippen LogP contribution is -2.46. The van der Waals surface area contributed by atoms with Crippen LogP contribution in [0.2, 0.25) is 0 Å². The number of nitrogens with one attached hydrogen (secondary N) is 2. The molecule has 2 amide bonds. The zero-order valence-electron chi connectivity index (χ0n) is 14.8. The number of allylic oxidation sites excluding steroid dienone is 2. The molecule has 3 rings (SSSR count). The van der Waals surface area contributed by atoms with E-state index in [1.54, 1.807) is 22.7 Å². The Morgan fingerprint density at radius 3 is 2.08 bits per heavy atom. The third kappa shape index (κ3) is 3.80. The second-order valence-electron chi connectivity index (χ2n) is 6.01. The van der Waals surface area contributed by atoms with Crippen LogP contribution in [-0.2, 0) is 4.79 Å². The first kappa shape index (κ1) is 17.4. The summed E-state index contributed by atoms with van der Waals surface area (Å²) in [4.78, 5) is 26.2. The summed E-state index contributed by atoms with van der Waals surface area (Å²) in [6.07, 6.45) is 1.77. The molecule has 0 saturated carbocycles. The minimum Gasteiger partial charge on any atom is -0.295 e. The number of Topliss-reactive ketones (excluding diaryl/α,β-unsaturated/α-hetero) is 1. The zero-order valence-corrected chi connectivity index (χ0v) is 14.8. The Balaban J connectivity index is 1.82. The molecular weight excluding hydrogens is 328 g/mol. The molecule has 132 valence electrons. The molecule has 1 aliphatic heterocycles. The monoisotopic (exact) mass is 349 g/mol. The average Bonchev–Trinajstić information content (AvgIpc) is 2.65. The Kier molecular flexibility index (Phi) is 5.12. The zero-order chi connectivity index (χ0) is 18.5. The van der Waals surface area contributed by atoms with Gasteiger partial charge in [-0.05, 0) is 24.3 Å². The fraction of sp³-hybridized carbons (Fsp3) is 0.150. The van der Waals surface area contributed by atoms with Gasteiger partial charge in [0.2, 0.25) is 12.0 Å². The maximum Gasteiger partial charge on any atom is 0.345 e. The Bertz CT molecular complexity index is 834. The molecule has 0 radical (unpaired) electrons. The van der Waals surface area contributed by atoms with Crippen LogP contribution in [-0.4, -0.2) is 29.7 Å². The molecule has 1 heterocycles. The maximum absolute atomic E-state index is 12.9. The number of urea groups is 1. The van der Waals surface area contributed by atoms with E-state index in [1.807, 2.05) is 67.6 Å². The van der Waals surface area contributed by atoms with E-state index in [-0.39, 0.29) is 18.2 Å². The van der Waals surface area contributed by atoms with Crippen molar-refractivity contribution in [2.45, 2.75) is 13.3 Å². The number of hydrazine groups is 1. The number of benzene rings is 2. The molecule has 26 heavy (non-hydrogen) atoms. The Labute approximate surface area is 152 Å². The summed E-state index contributed by atoms with van der Waals surface area (Å²) in [5, 5.41) is 0. The molecule has 0 atom stereocenters. The Morgan fingerprint density at radius 1 is 1.00 bits per heavy atom. The van der Waals surface area contributed by atoms with Crippen LogP contribution in [0.4, 0.5) is 16.2 Å². The van der Waals surface area contributed by atoms with Crippen molar-refractivity contribution in [1.29, 1.82) is 0 Å². The number of ketones is 1. The number of amides is 2. The number of rotatable bonds is 4. The Morgan fingerprint density at radius 2 is 1.54 bits per heavy atom. The van der Waals surface area contributed by atoms with Crippen LogP contribution in [0.25, 0.3) is 0 Å². The minimum absolute atomic E-state index is 0.0159. The molecule has 0 saturated heterocycles. The third-order valence-corrected chi connectivity index (χ3v) is 4.21. The van der Waals surface area contributed by atoms with E-state index >= 15 is 0 Å². The van der Waals surface area contributed by atoms with Crippen molar-refractivity contribution in [2.24, 2.45) is 0 Å². The lowest BCUT2D eigenvalue weighted by molar-refractivity contribution is -0.440. The highest BCUT2D eigenvalue weighted by atomic mass is 16.2. The lowest BCUT2D eigenvalue weighted by atomic mass is 10.1. The fourth-order valence-corrected chi connectivity index (χ4v) is 2.73. The van der Waals surface area contributed by atoms with E-state index in [9.17, 15) is 9.59 Å². The van der Waals surface area contributed by atoms with Crippen LogP contribution in [0, 0.1) is 0 Å². The summed E-state index contributed by atoms with van der Waals surface area (Å²) in [5.41, 5.74) is 8.66. The molecule has 2 aromatic rings. The topological polar surface area (TPSA) is 64.5 Å². The SMILES string of the molecule is CC1=C(NNC(=O)N(c2ccccc2)c2ccccc2)CC(=O)C=[N+]1C. The summed E-state index contributed by atoms with van der Waals surface area (Å²) in [7, 11) is 1.80. The summed E-state index contributed by atoms with van der Waals surface area (Å²) < 4.78 is 1.74. The van der Waals surface area contributed by atoms with Crippen LogP contribution in [0.5, 0.6) is 0 Å². The van der Waals surface area contributed by atoms with E-state index < -0.39 is 0 Å². The van der Waals surface area contributed by atoms with Gasteiger partial charge in [-0.3, -0.25) is 20.5 Å². The van der Waals surface area contributed by atoms with Crippen molar-refractivity contribution in [3.63, 3.8) is 0 Å². The maximum atomic E-state index is 12.9. The van der Waals surface area contributed by atoms with Crippen molar-refractivity contribution in [1.82, 2.24) is 10.9 Å². The Hall–Kier alpha value is -3.41. The standard InChI is InChI=1S/C20H20N4O2/c1-15-19(13-18(25)14-23(15)2)21-22-20(26)24(16-9-5-3-6-10-16)17-11-7-4-8-12-17/h3-12,14,25H,13H2,1-2H3/p+1. The van der Waals surface area contributed by atoms with Gasteiger partial charge in [-0.25, -0.2) is 9.37 Å². The highest BCUT2D eigenvalue weighted by Gasteiger charge is 2.23. The second-order valence-corrected chi connectivity index (χ2v) is 6.01. The lowest BCUT2D eigenvalue weighted by Gasteiger charge is -2.24. The van der Waals surface area contributed by atoms with Gasteiger partial charge in [-0.1, -0.05) is 36.4 Å². The summed E-state index contributed by atoms with van der Waals surface area (Å²) in [6, 6.07) is 18.4. The van der Waals surface area contributed by atoms with Crippen LogP contribution in [0.1, 0.15) is 13.3 Å². The highest BCUT2D eigenvalue weighted by molar-refractivity contribution is 6.26. The summed E-state index contributed by atoms with van der Waals surface area (Å²) in [6.45, 7) is 1.89. The van der Waals surface area contributed by atoms with Crippen LogP contribution in [0.3, 0.4) is 0 Å². The molecule has 0 spiro atoms. The van der Waals surface area contributed by atoms with Gasteiger partial charge in [-0.15, -0.1) is 0 Å². The van der Waals surface area contributed by atoms with Crippen molar-refractivity contribution in [2.75, 3.05) is 11.9 Å². The predicted molar refractivity (Wildman–Crippen MR) is 101 cm³/mol. The number of nitrogens with zero attached hydrogens (tertiary/aromatic N) is 2. The van der Waals surface area contributed by atoms with Gasteiger partial charge in [0.05, 0.1) is 17.8 Å². The molecule has 6 heteroatoms. The van der Waals surface area contributed by atoms with Crippen LogP contribution < -0.4 is 15.8 Å². The van der Waals surface area contributed by atoms with Gasteiger partial charge >= 0.3 is 6.03 Å². The average molecular weight is 349 g/mol. The van der Waals surface area contributed by atoms with E-state index in [0.717, 1.165) is 17.1 Å². The van der Waals surface area contributed by atoms with Gasteiger partial charge in [0, 0.05) is 6.92 Å². The van der Waals surface area contributed by atoms with E-state index in [1.165, 1.54) is 0 Å². The van der Waals surface area contributed by atoms with Crippen molar-refractivity contribution in [3.05, 3.63) is 72.1 Å². The molecule has 6 nitrogen and oxygen atoms in total. The molecule has 0 unspecified atom stereocenters. The van der Waals surface area contributed by atoms with Gasteiger partial charge < -0.3 is 0 Å². The molecule has 0 aliphatic carbocycles. The van der Waals surface area contributed by atoms with E-state index in [2.05, 4.69) is 10.9 Å². The third-order valence-electron chi connectivity index (χ3n) is 4.21. The van der Waals surface area contributed by atoms with Crippen molar-refractivity contribution in [3.8, 4) is 0 Å². The number of carbonyl (C=O) groups excluding carboxylic acids is 2. The highest BCUT2D eigenvalue weighted by Crippen LogP contribution is 2.24. The molecule has 0 fully saturated rings. The first-order chi connectivity index (χ1) is 12.6. The van der Waals surface area contributed by atoms with Crippen LogP contribution in [0.15, 0.2) is 72.1 Å². The van der Waals surface area contributed by atoms with Crippen molar-refractivity contribution < 1.29 is 14.2 Å². The van der Waals surface area contributed by atoms with Gasteiger partial charge in [0.1, 0.15) is 12.7 Å². The van der Waals surface area contributed by atoms with E-state index in [4.69, 9.17) is 0 Å². The fourth-order valence-electron chi connectivity index (χ4n) is 2.73. The number of para-hydroxylation sites is 2. The quantitative estimate of drug-likeness (QED) is 0.659. The first-order valence-corrected chi connectivity index (χ1v) is 8.33. The molecule has 0 aromatic heterocycles. The van der Waals surface area contributed by atoms with Gasteiger partial charge in [-0.2, -0.15) is 0 Å². The number of carbonyl (C=O) groups is 2. The first-order valence-electron chi connectivity index (χ1n) is 8.33. The normalized spacial score (nSPS) is 13.9. The predicted octanol–water partition coefficient (Wildman–Crippen LogP) is 2.96. The molecular formula is C20H21N4O2+. The summed E-state index contributed by atoms with van der Waals surface area (Å²) in [5.74, 6) is -0.0159. The molecule has 2 aromatic carbocycles. The van der Waals surface area contributed by atoms with Crippen LogP contribution >= 0.6 is 0 Å². The minimum atomic E-state index is -0.340. The number of hydrogen-bond acceptors (Lipinski definition) is 3. The molecule has 2 N–H and O–H groups in total. The number of anilines is 2. The van der Waals surface area contributed by atoms with Gasteiger partial charge in [0.25, 0.3) is 0 Å². The smallest absolute Gasteiger partial charge is 0.295 e. The molecule has 0 bridgehead atoms. The van der Waals surface area contributed by atoms with Crippen molar-refractivity contribution >= 4 is 29.4 Å². The molecule has 1 aliphatic rings. The summed E-state index contributed by atoms with van der Waals surface area (Å²) >= 11 is 0. The van der Waals surface area contributed by atoms with E-state index in [0.29, 0.717) is 5.70 Å². The largest absolute Gasteiger partial charge is 0.345 e. The van der Waals surface area contributed by atoms with Gasteiger partial charge in [0.15, 0.2) is 5.70 Å².